The number of piperidine rings is 1. The largest absolute Gasteiger partial charge is 0.307 e. The van der Waals surface area contributed by atoms with Gasteiger partial charge in [0.05, 0.1) is 0 Å². The molecule has 1 aliphatic heterocycles. The van der Waals surface area contributed by atoms with Crippen LogP contribution >= 0.6 is 23.2 Å². The minimum absolute atomic E-state index is 0.224. The predicted octanol–water partition coefficient (Wildman–Crippen LogP) is 4.91. The maximum absolute atomic E-state index is 6.28. The molecule has 0 radical (unpaired) electrons. The Balaban J connectivity index is 1.93. The van der Waals surface area contributed by atoms with Crippen LogP contribution in [-0.2, 0) is 0 Å². The molecule has 1 unspecified atom stereocenters. The van der Waals surface area contributed by atoms with Crippen molar-refractivity contribution >= 4 is 23.2 Å². The van der Waals surface area contributed by atoms with E-state index in [9.17, 15) is 0 Å². The summed E-state index contributed by atoms with van der Waals surface area (Å²) in [6, 6.07) is 6.45. The van der Waals surface area contributed by atoms with Crippen molar-refractivity contribution in [3.05, 3.63) is 33.8 Å². The Morgan fingerprint density at radius 2 is 1.81 bits per heavy atom. The Hall–Kier alpha value is -0.280. The smallest absolute Gasteiger partial charge is 0.0454 e. The highest BCUT2D eigenvalue weighted by atomic mass is 35.5. The van der Waals surface area contributed by atoms with E-state index in [4.69, 9.17) is 23.2 Å². The molecule has 1 fully saturated rings. The predicted molar refractivity (Wildman–Crippen MR) is 92.4 cm³/mol. The topological polar surface area (TPSA) is 15.3 Å². The van der Waals surface area contributed by atoms with Crippen LogP contribution in [0.3, 0.4) is 0 Å². The van der Waals surface area contributed by atoms with E-state index >= 15 is 0 Å². The molecule has 2 rings (SSSR count). The van der Waals surface area contributed by atoms with Crippen molar-refractivity contribution in [2.24, 2.45) is 0 Å². The maximum atomic E-state index is 6.28. The van der Waals surface area contributed by atoms with E-state index in [0.29, 0.717) is 6.04 Å². The highest BCUT2D eigenvalue weighted by molar-refractivity contribution is 6.33. The van der Waals surface area contributed by atoms with Crippen LogP contribution in [0.25, 0.3) is 0 Å². The molecule has 1 saturated heterocycles. The molecule has 1 heterocycles. The van der Waals surface area contributed by atoms with Gasteiger partial charge in [-0.2, -0.15) is 0 Å². The second kappa shape index (κ2) is 6.87. The minimum Gasteiger partial charge on any atom is -0.307 e. The van der Waals surface area contributed by atoms with Crippen LogP contribution in [0.4, 0.5) is 0 Å². The molecule has 1 aromatic rings. The third kappa shape index (κ3) is 4.59. The van der Waals surface area contributed by atoms with Gasteiger partial charge in [0.1, 0.15) is 0 Å². The van der Waals surface area contributed by atoms with Gasteiger partial charge < -0.3 is 5.32 Å². The summed E-state index contributed by atoms with van der Waals surface area (Å²) in [5.74, 6) is 0. The van der Waals surface area contributed by atoms with Gasteiger partial charge in [0.15, 0.2) is 0 Å². The van der Waals surface area contributed by atoms with Crippen molar-refractivity contribution < 1.29 is 0 Å². The normalized spacial score (nSPS) is 19.7. The number of rotatable bonds is 3. The second-order valence-corrected chi connectivity index (χ2v) is 7.83. The SMILES string of the molecule is CC(NC1CCN(C(C)(C)C)CC1)c1cc(Cl)ccc1Cl. The summed E-state index contributed by atoms with van der Waals surface area (Å²) in [5.41, 5.74) is 1.36. The first kappa shape index (κ1) is 17.1. The summed E-state index contributed by atoms with van der Waals surface area (Å²) in [6.07, 6.45) is 2.36. The van der Waals surface area contributed by atoms with Crippen LogP contribution < -0.4 is 5.32 Å². The molecular weight excluding hydrogens is 303 g/mol. The molecule has 0 bridgehead atoms. The highest BCUT2D eigenvalue weighted by Crippen LogP contribution is 2.28. The van der Waals surface area contributed by atoms with Gasteiger partial charge >= 0.3 is 0 Å². The van der Waals surface area contributed by atoms with Crippen molar-refractivity contribution in [2.45, 2.75) is 58.2 Å². The van der Waals surface area contributed by atoms with E-state index in [1.165, 1.54) is 12.8 Å². The first-order chi connectivity index (χ1) is 9.77. The van der Waals surface area contributed by atoms with E-state index < -0.39 is 0 Å². The van der Waals surface area contributed by atoms with Crippen LogP contribution in [0.5, 0.6) is 0 Å². The Kier molecular flexibility index (Phi) is 5.59. The van der Waals surface area contributed by atoms with Gasteiger partial charge in [-0.3, -0.25) is 4.90 Å². The third-order valence-corrected chi connectivity index (χ3v) is 4.93. The van der Waals surface area contributed by atoms with Crippen LogP contribution in [-0.4, -0.2) is 29.6 Å². The summed E-state index contributed by atoms with van der Waals surface area (Å²) in [7, 11) is 0. The molecule has 0 amide bonds. The number of likely N-dealkylation sites (tertiary alicyclic amines) is 1. The molecule has 2 nitrogen and oxygen atoms in total. The standard InChI is InChI=1S/C17H26Cl2N2/c1-12(15-11-13(18)5-6-16(15)19)20-14-7-9-21(10-8-14)17(2,3)4/h5-6,11-12,14,20H,7-10H2,1-4H3. The van der Waals surface area contributed by atoms with Crippen LogP contribution in [0.2, 0.25) is 10.0 Å². The fourth-order valence-electron chi connectivity index (χ4n) is 3.01. The van der Waals surface area contributed by atoms with Crippen molar-refractivity contribution in [1.29, 1.82) is 0 Å². The lowest BCUT2D eigenvalue weighted by Crippen LogP contribution is -2.50. The van der Waals surface area contributed by atoms with Gasteiger partial charge in [-0.25, -0.2) is 0 Å². The first-order valence-electron chi connectivity index (χ1n) is 7.73. The molecular formula is C17H26Cl2N2. The van der Waals surface area contributed by atoms with Crippen molar-refractivity contribution in [3.8, 4) is 0 Å². The maximum Gasteiger partial charge on any atom is 0.0454 e. The molecule has 1 aromatic carbocycles. The Labute approximate surface area is 138 Å². The zero-order chi connectivity index (χ0) is 15.6. The molecule has 1 aliphatic rings. The fourth-order valence-corrected chi connectivity index (χ4v) is 3.47. The van der Waals surface area contributed by atoms with E-state index in [1.54, 1.807) is 0 Å². The highest BCUT2D eigenvalue weighted by Gasteiger charge is 2.27. The summed E-state index contributed by atoms with van der Waals surface area (Å²) in [4.78, 5) is 2.56. The molecule has 0 saturated carbocycles. The molecule has 4 heteroatoms. The molecule has 21 heavy (non-hydrogen) atoms. The lowest BCUT2D eigenvalue weighted by molar-refractivity contribution is 0.0942. The average Bonchev–Trinajstić information content (AvgIpc) is 2.41. The van der Waals surface area contributed by atoms with E-state index in [-0.39, 0.29) is 11.6 Å². The Bertz CT molecular complexity index is 474. The van der Waals surface area contributed by atoms with E-state index in [2.05, 4.69) is 37.9 Å². The number of nitrogens with zero attached hydrogens (tertiary/aromatic N) is 1. The number of nitrogens with one attached hydrogen (secondary N) is 1. The van der Waals surface area contributed by atoms with Gasteiger partial charge in [-0.1, -0.05) is 23.2 Å². The zero-order valence-corrected chi connectivity index (χ0v) is 14.9. The number of hydrogen-bond donors (Lipinski definition) is 1. The molecule has 0 spiro atoms. The first-order valence-corrected chi connectivity index (χ1v) is 8.49. The van der Waals surface area contributed by atoms with Crippen LogP contribution in [0.1, 0.15) is 52.1 Å². The van der Waals surface area contributed by atoms with Crippen molar-refractivity contribution in [1.82, 2.24) is 10.2 Å². The average molecular weight is 329 g/mol. The van der Waals surface area contributed by atoms with Gasteiger partial charge in [-0.05, 0) is 64.3 Å². The summed E-state index contributed by atoms with van der Waals surface area (Å²) >= 11 is 12.4. The quantitative estimate of drug-likeness (QED) is 0.848. The molecule has 118 valence electrons. The lowest BCUT2D eigenvalue weighted by atomic mass is 9.97. The number of benzene rings is 1. The van der Waals surface area contributed by atoms with E-state index in [0.717, 1.165) is 28.7 Å². The van der Waals surface area contributed by atoms with Crippen molar-refractivity contribution in [3.63, 3.8) is 0 Å². The number of hydrogen-bond acceptors (Lipinski definition) is 2. The monoisotopic (exact) mass is 328 g/mol. The fraction of sp³-hybridized carbons (Fsp3) is 0.647. The Morgan fingerprint density at radius 3 is 2.38 bits per heavy atom. The minimum atomic E-state index is 0.224. The Morgan fingerprint density at radius 1 is 1.19 bits per heavy atom. The van der Waals surface area contributed by atoms with Gasteiger partial charge in [0.25, 0.3) is 0 Å². The van der Waals surface area contributed by atoms with Gasteiger partial charge in [0.2, 0.25) is 0 Å². The molecule has 1 N–H and O–H groups in total. The number of halogens is 2. The molecule has 1 atom stereocenters. The van der Waals surface area contributed by atoms with Gasteiger partial charge in [-0.15, -0.1) is 0 Å². The third-order valence-electron chi connectivity index (χ3n) is 4.35. The zero-order valence-electron chi connectivity index (χ0n) is 13.4. The van der Waals surface area contributed by atoms with Crippen LogP contribution in [0.15, 0.2) is 18.2 Å². The van der Waals surface area contributed by atoms with Gasteiger partial charge in [0, 0.05) is 40.8 Å². The molecule has 0 aliphatic carbocycles. The summed E-state index contributed by atoms with van der Waals surface area (Å²) in [5, 5.41) is 5.23. The second-order valence-electron chi connectivity index (χ2n) is 6.99. The summed E-state index contributed by atoms with van der Waals surface area (Å²) < 4.78 is 0. The lowest BCUT2D eigenvalue weighted by Gasteiger charge is -2.41. The van der Waals surface area contributed by atoms with E-state index in [1.807, 2.05) is 18.2 Å². The summed E-state index contributed by atoms with van der Waals surface area (Å²) in [6.45, 7) is 11.3. The molecule has 0 aromatic heterocycles. The van der Waals surface area contributed by atoms with Crippen LogP contribution in [0, 0.1) is 0 Å². The van der Waals surface area contributed by atoms with Crippen molar-refractivity contribution in [2.75, 3.05) is 13.1 Å².